The maximum absolute atomic E-state index is 11.8. The highest BCUT2D eigenvalue weighted by molar-refractivity contribution is 5.74. The van der Waals surface area contributed by atoms with Gasteiger partial charge in [-0.25, -0.2) is 4.79 Å². The fourth-order valence-electron chi connectivity index (χ4n) is 1.80. The molecule has 1 aromatic rings. The van der Waals surface area contributed by atoms with Gasteiger partial charge in [0.05, 0.1) is 13.2 Å². The predicted molar refractivity (Wildman–Crippen MR) is 75.7 cm³/mol. The first-order chi connectivity index (χ1) is 9.58. The molecule has 0 spiro atoms. The minimum absolute atomic E-state index is 0.0378. The molecule has 6 heteroatoms. The molecule has 112 valence electrons. The van der Waals surface area contributed by atoms with Crippen LogP contribution in [0.1, 0.15) is 11.1 Å². The predicted octanol–water partition coefficient (Wildman–Crippen LogP) is 0.636. The van der Waals surface area contributed by atoms with Crippen LogP contribution in [0.15, 0.2) is 18.2 Å². The Balaban J connectivity index is 2.44. The smallest absolute Gasteiger partial charge is 0.320 e. The molecule has 0 aliphatic carbocycles. The summed E-state index contributed by atoms with van der Waals surface area (Å²) >= 11 is 0. The number of rotatable bonds is 7. The highest BCUT2D eigenvalue weighted by Crippen LogP contribution is 2.18. The molecule has 0 bridgehead atoms. The summed E-state index contributed by atoms with van der Waals surface area (Å²) in [6, 6.07) is 5.42. The number of urea groups is 1. The van der Waals surface area contributed by atoms with E-state index in [0.717, 1.165) is 11.1 Å². The molecule has 0 aliphatic heterocycles. The Hall–Kier alpha value is -1.79. The molecular formula is C14H22N2O4. The second kappa shape index (κ2) is 8.39. The van der Waals surface area contributed by atoms with Crippen molar-refractivity contribution in [1.29, 1.82) is 0 Å². The molecule has 20 heavy (non-hydrogen) atoms. The van der Waals surface area contributed by atoms with E-state index in [2.05, 4.69) is 5.32 Å². The van der Waals surface area contributed by atoms with Gasteiger partial charge in [0.15, 0.2) is 6.73 Å². The summed E-state index contributed by atoms with van der Waals surface area (Å²) in [5.41, 5.74) is 2.15. The Morgan fingerprint density at radius 1 is 1.25 bits per heavy atom. The van der Waals surface area contributed by atoms with Gasteiger partial charge < -0.3 is 25.2 Å². The van der Waals surface area contributed by atoms with Crippen molar-refractivity contribution >= 4 is 6.03 Å². The van der Waals surface area contributed by atoms with Crippen LogP contribution >= 0.6 is 0 Å². The lowest BCUT2D eigenvalue weighted by molar-refractivity contribution is 0.151. The van der Waals surface area contributed by atoms with Gasteiger partial charge in [0.1, 0.15) is 5.75 Å². The van der Waals surface area contributed by atoms with E-state index in [9.17, 15) is 4.79 Å². The van der Waals surface area contributed by atoms with Crippen LogP contribution in [0.25, 0.3) is 0 Å². The van der Waals surface area contributed by atoms with E-state index in [4.69, 9.17) is 14.9 Å². The van der Waals surface area contributed by atoms with Gasteiger partial charge in [-0.15, -0.1) is 0 Å². The van der Waals surface area contributed by atoms with Gasteiger partial charge in [0.2, 0.25) is 0 Å². The van der Waals surface area contributed by atoms with Crippen LogP contribution < -0.4 is 10.1 Å². The summed E-state index contributed by atoms with van der Waals surface area (Å²) in [7, 11) is 0. The van der Waals surface area contributed by atoms with E-state index in [1.165, 1.54) is 4.90 Å². The van der Waals surface area contributed by atoms with E-state index < -0.39 is 0 Å². The second-order valence-electron chi connectivity index (χ2n) is 4.47. The number of carbonyl (C=O) groups is 1. The Kier molecular flexibility index (Phi) is 6.83. The van der Waals surface area contributed by atoms with Gasteiger partial charge >= 0.3 is 6.03 Å². The lowest BCUT2D eigenvalue weighted by Crippen LogP contribution is -2.44. The van der Waals surface area contributed by atoms with Crippen LogP contribution in [-0.4, -0.2) is 54.2 Å². The first-order valence-electron chi connectivity index (χ1n) is 6.53. The average molecular weight is 282 g/mol. The van der Waals surface area contributed by atoms with Crippen LogP contribution in [0.3, 0.4) is 0 Å². The van der Waals surface area contributed by atoms with Crippen molar-refractivity contribution in [3.63, 3.8) is 0 Å². The van der Waals surface area contributed by atoms with Crippen LogP contribution in [0, 0.1) is 13.8 Å². The molecular weight excluding hydrogens is 260 g/mol. The minimum Gasteiger partial charge on any atom is -0.473 e. The van der Waals surface area contributed by atoms with Gasteiger partial charge in [0.25, 0.3) is 0 Å². The summed E-state index contributed by atoms with van der Waals surface area (Å²) in [5.74, 6) is 0.715. The Morgan fingerprint density at radius 3 is 2.45 bits per heavy atom. The van der Waals surface area contributed by atoms with Crippen LogP contribution in [0.2, 0.25) is 0 Å². The normalized spacial score (nSPS) is 10.2. The zero-order chi connectivity index (χ0) is 15.0. The third kappa shape index (κ3) is 5.07. The lowest BCUT2D eigenvalue weighted by atomic mass is 10.1. The first-order valence-corrected chi connectivity index (χ1v) is 6.53. The number of aliphatic hydroxyl groups is 2. The maximum Gasteiger partial charge on any atom is 0.320 e. The first kappa shape index (κ1) is 16.3. The number of hydrogen-bond donors (Lipinski definition) is 3. The van der Waals surface area contributed by atoms with Crippen LogP contribution in [0.5, 0.6) is 5.75 Å². The molecule has 0 heterocycles. The molecule has 0 aliphatic rings. The molecule has 0 unspecified atom stereocenters. The number of nitrogens with one attached hydrogen (secondary N) is 1. The van der Waals surface area contributed by atoms with E-state index in [1.807, 2.05) is 32.0 Å². The molecule has 3 N–H and O–H groups in total. The average Bonchev–Trinajstić information content (AvgIpc) is 2.41. The van der Waals surface area contributed by atoms with Gasteiger partial charge in [-0.3, -0.25) is 0 Å². The number of amides is 2. The number of carbonyl (C=O) groups excluding carboxylic acids is 1. The zero-order valence-corrected chi connectivity index (χ0v) is 11.9. The lowest BCUT2D eigenvalue weighted by Gasteiger charge is -2.21. The molecule has 0 aromatic heterocycles. The SMILES string of the molecule is Cc1ccc(OCNC(=O)N(CCO)CCO)c(C)c1. The summed E-state index contributed by atoms with van der Waals surface area (Å²) in [6.07, 6.45) is 0. The van der Waals surface area contributed by atoms with Crippen molar-refractivity contribution < 1.29 is 19.7 Å². The highest BCUT2D eigenvalue weighted by Gasteiger charge is 2.11. The standard InChI is InChI=1S/C14H22N2O4/c1-11-3-4-13(12(2)9-11)20-10-15-14(19)16(5-7-17)6-8-18/h3-4,9,17-18H,5-8,10H2,1-2H3,(H,15,19). The minimum atomic E-state index is -0.377. The third-order valence-electron chi connectivity index (χ3n) is 2.81. The van der Waals surface area contributed by atoms with Crippen molar-refractivity contribution in [2.45, 2.75) is 13.8 Å². The molecule has 0 saturated carbocycles. The number of aliphatic hydroxyl groups excluding tert-OH is 2. The molecule has 6 nitrogen and oxygen atoms in total. The van der Waals surface area contributed by atoms with Crippen molar-refractivity contribution in [3.8, 4) is 5.75 Å². The monoisotopic (exact) mass is 282 g/mol. The van der Waals surface area contributed by atoms with Crippen molar-refractivity contribution in [1.82, 2.24) is 10.2 Å². The van der Waals surface area contributed by atoms with E-state index in [1.54, 1.807) is 0 Å². The van der Waals surface area contributed by atoms with Crippen LogP contribution in [-0.2, 0) is 0 Å². The van der Waals surface area contributed by atoms with Crippen LogP contribution in [0.4, 0.5) is 4.79 Å². The fraction of sp³-hybridized carbons (Fsp3) is 0.500. The molecule has 0 saturated heterocycles. The van der Waals surface area contributed by atoms with Gasteiger partial charge in [0, 0.05) is 13.1 Å². The number of aryl methyl sites for hydroxylation is 2. The third-order valence-corrected chi connectivity index (χ3v) is 2.81. The van der Waals surface area contributed by atoms with Crippen molar-refractivity contribution in [3.05, 3.63) is 29.3 Å². The quantitative estimate of drug-likeness (QED) is 0.641. The van der Waals surface area contributed by atoms with Gasteiger partial charge in [-0.1, -0.05) is 17.7 Å². The van der Waals surface area contributed by atoms with Gasteiger partial charge in [-0.05, 0) is 25.5 Å². The van der Waals surface area contributed by atoms with E-state index in [0.29, 0.717) is 5.75 Å². The summed E-state index contributed by atoms with van der Waals surface area (Å²) in [6.45, 7) is 4.03. The highest BCUT2D eigenvalue weighted by atomic mass is 16.5. The molecule has 2 amide bonds. The fourth-order valence-corrected chi connectivity index (χ4v) is 1.80. The van der Waals surface area contributed by atoms with E-state index in [-0.39, 0.29) is 39.1 Å². The Labute approximate surface area is 119 Å². The number of hydrogen-bond acceptors (Lipinski definition) is 4. The van der Waals surface area contributed by atoms with E-state index >= 15 is 0 Å². The summed E-state index contributed by atoms with van der Waals surface area (Å²) < 4.78 is 5.49. The second-order valence-corrected chi connectivity index (χ2v) is 4.47. The Bertz CT molecular complexity index is 431. The van der Waals surface area contributed by atoms with Gasteiger partial charge in [-0.2, -0.15) is 0 Å². The summed E-state index contributed by atoms with van der Waals surface area (Å²) in [4.78, 5) is 13.1. The molecule has 1 aromatic carbocycles. The topological polar surface area (TPSA) is 82.0 Å². The summed E-state index contributed by atoms with van der Waals surface area (Å²) in [5, 5.41) is 20.3. The maximum atomic E-state index is 11.8. The number of benzene rings is 1. The molecule has 0 atom stereocenters. The van der Waals surface area contributed by atoms with Crippen molar-refractivity contribution in [2.24, 2.45) is 0 Å². The molecule has 0 fully saturated rings. The Morgan fingerprint density at radius 2 is 1.90 bits per heavy atom. The molecule has 0 radical (unpaired) electrons. The zero-order valence-electron chi connectivity index (χ0n) is 11.9. The van der Waals surface area contributed by atoms with Crippen molar-refractivity contribution in [2.75, 3.05) is 33.0 Å². The largest absolute Gasteiger partial charge is 0.473 e. The number of ether oxygens (including phenoxy) is 1. The molecule has 1 rings (SSSR count). The number of nitrogens with zero attached hydrogens (tertiary/aromatic N) is 1.